The standard InChI is InChI=1S/C15H16N4O.CH2O2/c1-10-8-14(16)17-9-11(10)15-18-12-4-2-3-5-13(12)19(15)6-7-20;2-1-3/h2-5,8-9,20H,6-7H2,1H3,(H2,16,17);1H,(H,2,3). The number of rotatable bonds is 3. The summed E-state index contributed by atoms with van der Waals surface area (Å²) in [4.78, 5) is 17.2. The lowest BCUT2D eigenvalue weighted by Gasteiger charge is -2.09. The summed E-state index contributed by atoms with van der Waals surface area (Å²) in [7, 11) is 0. The summed E-state index contributed by atoms with van der Waals surface area (Å²) in [6.45, 7) is 2.30. The van der Waals surface area contributed by atoms with E-state index in [2.05, 4.69) is 9.97 Å². The van der Waals surface area contributed by atoms with E-state index in [-0.39, 0.29) is 13.1 Å². The molecule has 0 aliphatic rings. The SMILES string of the molecule is Cc1cc(N)ncc1-c1nc2ccccc2n1CCO.O=CO. The summed E-state index contributed by atoms with van der Waals surface area (Å²) in [5.41, 5.74) is 9.57. The molecular weight excluding hydrogens is 296 g/mol. The van der Waals surface area contributed by atoms with E-state index in [0.29, 0.717) is 12.4 Å². The van der Waals surface area contributed by atoms with Gasteiger partial charge >= 0.3 is 0 Å². The molecule has 0 amide bonds. The summed E-state index contributed by atoms with van der Waals surface area (Å²) in [6, 6.07) is 9.72. The van der Waals surface area contributed by atoms with Gasteiger partial charge < -0.3 is 20.5 Å². The van der Waals surface area contributed by atoms with Crippen molar-refractivity contribution in [2.45, 2.75) is 13.5 Å². The molecule has 0 aliphatic heterocycles. The molecule has 0 saturated carbocycles. The predicted octanol–water partition coefficient (Wildman–Crippen LogP) is 1.68. The highest BCUT2D eigenvalue weighted by atomic mass is 16.3. The summed E-state index contributed by atoms with van der Waals surface area (Å²) in [5.74, 6) is 1.31. The van der Waals surface area contributed by atoms with Crippen molar-refractivity contribution < 1.29 is 15.0 Å². The molecule has 120 valence electrons. The molecule has 0 radical (unpaired) electrons. The largest absolute Gasteiger partial charge is 0.483 e. The van der Waals surface area contributed by atoms with E-state index in [4.69, 9.17) is 15.6 Å². The van der Waals surface area contributed by atoms with Gasteiger partial charge in [-0.2, -0.15) is 0 Å². The maximum absolute atomic E-state index is 9.30. The van der Waals surface area contributed by atoms with E-state index in [1.807, 2.05) is 41.8 Å². The zero-order valence-corrected chi connectivity index (χ0v) is 12.7. The lowest BCUT2D eigenvalue weighted by atomic mass is 10.1. The van der Waals surface area contributed by atoms with Crippen LogP contribution in [0, 0.1) is 6.92 Å². The second-order valence-electron chi connectivity index (χ2n) is 4.83. The maximum Gasteiger partial charge on any atom is 0.290 e. The summed E-state index contributed by atoms with van der Waals surface area (Å²) < 4.78 is 2.01. The van der Waals surface area contributed by atoms with Gasteiger partial charge in [0.2, 0.25) is 0 Å². The third kappa shape index (κ3) is 3.46. The highest BCUT2D eigenvalue weighted by Gasteiger charge is 2.14. The van der Waals surface area contributed by atoms with Crippen LogP contribution in [0.15, 0.2) is 36.5 Å². The van der Waals surface area contributed by atoms with Crippen LogP contribution >= 0.6 is 0 Å². The minimum atomic E-state index is -0.250. The molecule has 3 aromatic rings. The van der Waals surface area contributed by atoms with E-state index in [9.17, 15) is 5.11 Å². The number of para-hydroxylation sites is 2. The fourth-order valence-electron chi connectivity index (χ4n) is 2.42. The van der Waals surface area contributed by atoms with Gasteiger partial charge in [0.1, 0.15) is 11.6 Å². The van der Waals surface area contributed by atoms with Gasteiger partial charge in [-0.05, 0) is 30.7 Å². The van der Waals surface area contributed by atoms with Crippen molar-refractivity contribution >= 4 is 23.3 Å². The first-order chi connectivity index (χ1) is 11.1. The smallest absolute Gasteiger partial charge is 0.290 e. The molecule has 7 heteroatoms. The fraction of sp³-hybridized carbons (Fsp3) is 0.188. The molecule has 7 nitrogen and oxygen atoms in total. The van der Waals surface area contributed by atoms with Crippen LogP contribution < -0.4 is 5.73 Å². The minimum absolute atomic E-state index is 0.0643. The van der Waals surface area contributed by atoms with E-state index in [1.54, 1.807) is 6.20 Å². The van der Waals surface area contributed by atoms with Gasteiger partial charge in [-0.1, -0.05) is 12.1 Å². The van der Waals surface area contributed by atoms with Gasteiger partial charge in [0, 0.05) is 18.3 Å². The zero-order chi connectivity index (χ0) is 16.8. The Hall–Kier alpha value is -2.93. The minimum Gasteiger partial charge on any atom is -0.483 e. The third-order valence-electron chi connectivity index (χ3n) is 3.35. The van der Waals surface area contributed by atoms with E-state index in [1.165, 1.54) is 0 Å². The van der Waals surface area contributed by atoms with Crippen molar-refractivity contribution in [1.82, 2.24) is 14.5 Å². The van der Waals surface area contributed by atoms with Gasteiger partial charge in [-0.3, -0.25) is 4.79 Å². The van der Waals surface area contributed by atoms with E-state index < -0.39 is 0 Å². The highest BCUT2D eigenvalue weighted by molar-refractivity contribution is 5.81. The number of aliphatic hydroxyl groups excluding tert-OH is 1. The number of benzene rings is 1. The first-order valence-corrected chi connectivity index (χ1v) is 6.98. The van der Waals surface area contributed by atoms with Crippen molar-refractivity contribution in [3.8, 4) is 11.4 Å². The Morgan fingerprint density at radius 2 is 2.04 bits per heavy atom. The van der Waals surface area contributed by atoms with E-state index in [0.717, 1.165) is 28.0 Å². The number of nitrogens with zero attached hydrogens (tertiary/aromatic N) is 3. The van der Waals surface area contributed by atoms with E-state index >= 15 is 0 Å². The molecule has 0 aliphatic carbocycles. The molecule has 3 rings (SSSR count). The first-order valence-electron chi connectivity index (χ1n) is 6.98. The number of nitrogen functional groups attached to an aromatic ring is 1. The van der Waals surface area contributed by atoms with Crippen LogP contribution in [0.3, 0.4) is 0 Å². The molecule has 23 heavy (non-hydrogen) atoms. The molecule has 0 unspecified atom stereocenters. The van der Waals surface area contributed by atoms with Crippen molar-refractivity contribution in [2.75, 3.05) is 12.3 Å². The zero-order valence-electron chi connectivity index (χ0n) is 12.7. The van der Waals surface area contributed by atoms with Gasteiger partial charge in [-0.15, -0.1) is 0 Å². The average Bonchev–Trinajstić information content (AvgIpc) is 2.87. The number of fused-ring (bicyclic) bond motifs is 1. The van der Waals surface area contributed by atoms with Crippen molar-refractivity contribution in [1.29, 1.82) is 0 Å². The topological polar surface area (TPSA) is 114 Å². The van der Waals surface area contributed by atoms with Crippen LogP contribution in [0.2, 0.25) is 0 Å². The summed E-state index contributed by atoms with van der Waals surface area (Å²) in [6.07, 6.45) is 1.74. The number of aliphatic hydroxyl groups is 1. The lowest BCUT2D eigenvalue weighted by molar-refractivity contribution is -0.122. The van der Waals surface area contributed by atoms with Crippen molar-refractivity contribution in [2.24, 2.45) is 0 Å². The number of carboxylic acid groups (broad SMARTS) is 1. The number of aromatic nitrogens is 3. The maximum atomic E-state index is 9.30. The number of carbonyl (C=O) groups is 1. The van der Waals surface area contributed by atoms with Gasteiger partial charge in [0.15, 0.2) is 0 Å². The summed E-state index contributed by atoms with van der Waals surface area (Å²) in [5, 5.41) is 16.2. The molecule has 0 bridgehead atoms. The number of pyridine rings is 1. The van der Waals surface area contributed by atoms with Gasteiger partial charge in [0.05, 0.1) is 17.6 Å². The Morgan fingerprint density at radius 3 is 2.70 bits per heavy atom. The monoisotopic (exact) mass is 314 g/mol. The van der Waals surface area contributed by atoms with Crippen LogP contribution in [-0.4, -0.2) is 37.8 Å². The van der Waals surface area contributed by atoms with Gasteiger partial charge in [-0.25, -0.2) is 9.97 Å². The molecule has 0 saturated heterocycles. The fourth-order valence-corrected chi connectivity index (χ4v) is 2.42. The summed E-state index contributed by atoms with van der Waals surface area (Å²) >= 11 is 0. The molecule has 0 spiro atoms. The number of anilines is 1. The molecule has 0 atom stereocenters. The predicted molar refractivity (Wildman–Crippen MR) is 87.9 cm³/mol. The number of hydrogen-bond acceptors (Lipinski definition) is 5. The first kappa shape index (κ1) is 16.4. The Bertz CT molecular complexity index is 814. The van der Waals surface area contributed by atoms with Gasteiger partial charge in [0.25, 0.3) is 6.47 Å². The number of hydrogen-bond donors (Lipinski definition) is 3. The number of aryl methyl sites for hydroxylation is 1. The number of nitrogens with two attached hydrogens (primary N) is 1. The van der Waals surface area contributed by atoms with Crippen LogP contribution in [0.25, 0.3) is 22.4 Å². The van der Waals surface area contributed by atoms with Crippen LogP contribution in [0.1, 0.15) is 5.56 Å². The molecular formula is C16H18N4O3. The van der Waals surface area contributed by atoms with Crippen LogP contribution in [0.4, 0.5) is 5.82 Å². The van der Waals surface area contributed by atoms with Crippen LogP contribution in [0.5, 0.6) is 0 Å². The quantitative estimate of drug-likeness (QED) is 0.634. The molecule has 2 heterocycles. The lowest BCUT2D eigenvalue weighted by Crippen LogP contribution is -2.05. The normalized spacial score (nSPS) is 10.2. The van der Waals surface area contributed by atoms with Crippen LogP contribution in [-0.2, 0) is 11.3 Å². The molecule has 4 N–H and O–H groups in total. The third-order valence-corrected chi connectivity index (χ3v) is 3.35. The molecule has 2 aromatic heterocycles. The highest BCUT2D eigenvalue weighted by Crippen LogP contribution is 2.27. The average molecular weight is 314 g/mol. The Labute approximate surface area is 133 Å². The second kappa shape index (κ2) is 7.37. The Balaban J connectivity index is 0.000000595. The molecule has 1 aromatic carbocycles. The Kier molecular flexibility index (Phi) is 5.27. The second-order valence-corrected chi connectivity index (χ2v) is 4.83. The molecule has 0 fully saturated rings. The van der Waals surface area contributed by atoms with Crippen molar-refractivity contribution in [3.05, 3.63) is 42.1 Å². The van der Waals surface area contributed by atoms with Crippen molar-refractivity contribution in [3.63, 3.8) is 0 Å². The number of imidazole rings is 1. The Morgan fingerprint density at radius 1 is 1.35 bits per heavy atom.